The maximum absolute atomic E-state index is 11.6. The Morgan fingerprint density at radius 1 is 1.47 bits per heavy atom. The average molecular weight is 253 g/mol. The molecule has 0 saturated heterocycles. The minimum Gasteiger partial charge on any atom is -0.212 e. The molecule has 0 bridgehead atoms. The first-order valence-corrected chi connectivity index (χ1v) is 6.98. The summed E-state index contributed by atoms with van der Waals surface area (Å²) >= 11 is 5.47. The van der Waals surface area contributed by atoms with E-state index in [-0.39, 0.29) is 18.2 Å². The molecule has 0 aliphatic heterocycles. The Morgan fingerprint density at radius 3 is 2.53 bits per heavy atom. The number of unbranched alkanes of at least 4 members (excludes halogenated alkanes) is 1. The van der Waals surface area contributed by atoms with Crippen LogP contribution in [0.3, 0.4) is 0 Å². The van der Waals surface area contributed by atoms with Gasteiger partial charge in [0.2, 0.25) is 10.0 Å². The Balaban J connectivity index is 4.16. The molecule has 0 aromatic heterocycles. The van der Waals surface area contributed by atoms with Crippen LogP contribution in [-0.2, 0) is 10.0 Å². The van der Waals surface area contributed by atoms with E-state index in [1.807, 2.05) is 6.07 Å². The zero-order chi connectivity index (χ0) is 11.9. The van der Waals surface area contributed by atoms with Crippen LogP contribution in [0.5, 0.6) is 0 Å². The number of nitrogens with zero attached hydrogens (tertiary/aromatic N) is 2. The lowest BCUT2D eigenvalue weighted by atomic mass is 10.2. The van der Waals surface area contributed by atoms with Crippen LogP contribution in [0.4, 0.5) is 0 Å². The second-order valence-electron chi connectivity index (χ2n) is 3.52. The summed E-state index contributed by atoms with van der Waals surface area (Å²) in [5.41, 5.74) is 0. The maximum Gasteiger partial charge on any atom is 0.213 e. The monoisotopic (exact) mass is 252 g/mol. The molecule has 0 heterocycles. The summed E-state index contributed by atoms with van der Waals surface area (Å²) in [5, 5.41) is 8.57. The molecule has 0 saturated carbocycles. The molecular formula is C9H17ClN2O2S. The highest BCUT2D eigenvalue weighted by atomic mass is 35.5. The molecule has 0 aromatic rings. The SMILES string of the molecule is CC(C#N)CN(C)S(=O)(=O)CCCCCl. The van der Waals surface area contributed by atoms with Gasteiger partial charge in [-0.25, -0.2) is 12.7 Å². The van der Waals surface area contributed by atoms with Crippen molar-refractivity contribution in [2.75, 3.05) is 25.2 Å². The number of nitriles is 1. The van der Waals surface area contributed by atoms with Crippen molar-refractivity contribution in [1.29, 1.82) is 5.26 Å². The van der Waals surface area contributed by atoms with E-state index in [0.717, 1.165) is 0 Å². The Morgan fingerprint density at radius 2 is 2.07 bits per heavy atom. The van der Waals surface area contributed by atoms with Gasteiger partial charge in [0.15, 0.2) is 0 Å². The van der Waals surface area contributed by atoms with Crippen LogP contribution < -0.4 is 0 Å². The van der Waals surface area contributed by atoms with Crippen LogP contribution in [0.1, 0.15) is 19.8 Å². The first-order chi connectivity index (χ1) is 6.94. The summed E-state index contributed by atoms with van der Waals surface area (Å²) in [4.78, 5) is 0. The Kier molecular flexibility index (Phi) is 6.90. The normalized spacial score (nSPS) is 13.8. The van der Waals surface area contributed by atoms with E-state index < -0.39 is 10.0 Å². The van der Waals surface area contributed by atoms with Crippen LogP contribution >= 0.6 is 11.6 Å². The molecule has 0 amide bonds. The summed E-state index contributed by atoms with van der Waals surface area (Å²) in [6.07, 6.45) is 1.26. The number of alkyl halides is 1. The highest BCUT2D eigenvalue weighted by molar-refractivity contribution is 7.89. The minimum absolute atomic E-state index is 0.106. The zero-order valence-corrected chi connectivity index (χ0v) is 10.7. The molecule has 0 aliphatic carbocycles. The fraction of sp³-hybridized carbons (Fsp3) is 0.889. The van der Waals surface area contributed by atoms with Crippen molar-refractivity contribution in [2.24, 2.45) is 5.92 Å². The lowest BCUT2D eigenvalue weighted by molar-refractivity contribution is 0.438. The van der Waals surface area contributed by atoms with Gasteiger partial charge in [-0.3, -0.25) is 0 Å². The maximum atomic E-state index is 11.6. The molecule has 6 heteroatoms. The van der Waals surface area contributed by atoms with Gasteiger partial charge < -0.3 is 0 Å². The summed E-state index contributed by atoms with van der Waals surface area (Å²) < 4.78 is 24.5. The van der Waals surface area contributed by atoms with Gasteiger partial charge in [0.25, 0.3) is 0 Å². The standard InChI is InChI=1S/C9H17ClN2O2S/c1-9(7-11)8-12(2)15(13,14)6-4-3-5-10/h9H,3-6,8H2,1-2H3. The summed E-state index contributed by atoms with van der Waals surface area (Å²) in [6.45, 7) is 1.95. The van der Waals surface area contributed by atoms with E-state index in [2.05, 4.69) is 0 Å². The van der Waals surface area contributed by atoms with Crippen LogP contribution in [0, 0.1) is 17.2 Å². The summed E-state index contributed by atoms with van der Waals surface area (Å²) in [6, 6.07) is 2.01. The smallest absolute Gasteiger partial charge is 0.212 e. The number of rotatable bonds is 7. The van der Waals surface area contributed by atoms with Gasteiger partial charge in [-0.1, -0.05) is 0 Å². The molecule has 0 rings (SSSR count). The van der Waals surface area contributed by atoms with Gasteiger partial charge in [0.05, 0.1) is 17.7 Å². The van der Waals surface area contributed by atoms with E-state index in [1.54, 1.807) is 6.92 Å². The highest BCUT2D eigenvalue weighted by Gasteiger charge is 2.18. The lowest BCUT2D eigenvalue weighted by Crippen LogP contribution is -2.32. The van der Waals surface area contributed by atoms with Crippen molar-refractivity contribution in [3.63, 3.8) is 0 Å². The average Bonchev–Trinajstić information content (AvgIpc) is 2.17. The van der Waals surface area contributed by atoms with Crippen molar-refractivity contribution < 1.29 is 8.42 Å². The number of halogens is 1. The van der Waals surface area contributed by atoms with E-state index in [9.17, 15) is 8.42 Å². The molecule has 0 aromatic carbocycles. The van der Waals surface area contributed by atoms with Crippen molar-refractivity contribution >= 4 is 21.6 Å². The van der Waals surface area contributed by atoms with Crippen LogP contribution in [0.15, 0.2) is 0 Å². The van der Waals surface area contributed by atoms with E-state index in [0.29, 0.717) is 18.7 Å². The van der Waals surface area contributed by atoms with Crippen LogP contribution in [-0.4, -0.2) is 37.9 Å². The Bertz CT molecular complexity index is 311. The predicted molar refractivity (Wildman–Crippen MR) is 61.1 cm³/mol. The molecule has 4 nitrogen and oxygen atoms in total. The fourth-order valence-electron chi connectivity index (χ4n) is 1.07. The van der Waals surface area contributed by atoms with Gasteiger partial charge >= 0.3 is 0 Å². The Labute approximate surface area is 96.9 Å². The first-order valence-electron chi connectivity index (χ1n) is 4.83. The third-order valence-corrected chi connectivity index (χ3v) is 4.18. The van der Waals surface area contributed by atoms with Crippen molar-refractivity contribution in [2.45, 2.75) is 19.8 Å². The van der Waals surface area contributed by atoms with E-state index in [1.165, 1.54) is 11.4 Å². The van der Waals surface area contributed by atoms with Gasteiger partial charge in [0, 0.05) is 19.5 Å². The molecule has 1 atom stereocenters. The summed E-state index contributed by atoms with van der Waals surface area (Å²) in [5.74, 6) is 0.306. The fourth-order valence-corrected chi connectivity index (χ4v) is 2.60. The lowest BCUT2D eigenvalue weighted by Gasteiger charge is -2.17. The molecule has 0 radical (unpaired) electrons. The van der Waals surface area contributed by atoms with Crippen LogP contribution in [0.25, 0.3) is 0 Å². The number of hydrogen-bond acceptors (Lipinski definition) is 3. The van der Waals surface area contributed by atoms with Crippen molar-refractivity contribution in [3.8, 4) is 6.07 Å². The second-order valence-corrected chi connectivity index (χ2v) is 6.10. The second kappa shape index (κ2) is 7.04. The quantitative estimate of drug-likeness (QED) is 0.509. The topological polar surface area (TPSA) is 61.2 Å². The molecule has 0 fully saturated rings. The zero-order valence-electron chi connectivity index (χ0n) is 9.11. The third-order valence-electron chi connectivity index (χ3n) is 2.01. The van der Waals surface area contributed by atoms with E-state index >= 15 is 0 Å². The van der Waals surface area contributed by atoms with E-state index in [4.69, 9.17) is 16.9 Å². The largest absolute Gasteiger partial charge is 0.213 e. The van der Waals surface area contributed by atoms with Crippen molar-refractivity contribution in [1.82, 2.24) is 4.31 Å². The molecule has 15 heavy (non-hydrogen) atoms. The first kappa shape index (κ1) is 14.7. The van der Waals surface area contributed by atoms with Gasteiger partial charge in [-0.05, 0) is 19.8 Å². The number of sulfonamides is 1. The van der Waals surface area contributed by atoms with Gasteiger partial charge in [0.1, 0.15) is 0 Å². The summed E-state index contributed by atoms with van der Waals surface area (Å²) in [7, 11) is -1.71. The Hall–Kier alpha value is -0.310. The highest BCUT2D eigenvalue weighted by Crippen LogP contribution is 2.06. The molecule has 0 spiro atoms. The molecule has 88 valence electrons. The third kappa shape index (κ3) is 5.98. The minimum atomic E-state index is -3.21. The molecule has 0 N–H and O–H groups in total. The van der Waals surface area contributed by atoms with Gasteiger partial charge in [-0.15, -0.1) is 11.6 Å². The number of hydrogen-bond donors (Lipinski definition) is 0. The predicted octanol–water partition coefficient (Wildman–Crippen LogP) is 1.43. The molecule has 1 unspecified atom stereocenters. The molecule has 0 aliphatic rings. The molecular weight excluding hydrogens is 236 g/mol. The van der Waals surface area contributed by atoms with Crippen molar-refractivity contribution in [3.05, 3.63) is 0 Å². The van der Waals surface area contributed by atoms with Crippen LogP contribution in [0.2, 0.25) is 0 Å². The van der Waals surface area contributed by atoms with Gasteiger partial charge in [-0.2, -0.15) is 5.26 Å².